The topological polar surface area (TPSA) is 55.4 Å². The molecule has 1 aromatic rings. The van der Waals surface area contributed by atoms with E-state index in [1.807, 2.05) is 30.3 Å². The number of hydrogen-bond acceptors (Lipinski definition) is 3. The third-order valence-corrected chi connectivity index (χ3v) is 2.69. The van der Waals surface area contributed by atoms with Crippen LogP contribution in [-0.4, -0.2) is 24.5 Å². The molecule has 0 heterocycles. The average molecular weight is 263 g/mol. The highest BCUT2D eigenvalue weighted by Crippen LogP contribution is 2.06. The zero-order valence-electron chi connectivity index (χ0n) is 11.7. The Hall–Kier alpha value is -1.84. The predicted molar refractivity (Wildman–Crippen MR) is 73.5 cm³/mol. The molecule has 0 fully saturated rings. The van der Waals surface area contributed by atoms with E-state index in [0.29, 0.717) is 13.0 Å². The summed E-state index contributed by atoms with van der Waals surface area (Å²) < 4.78 is 5.00. The number of rotatable bonds is 6. The Bertz CT molecular complexity index is 415. The van der Waals surface area contributed by atoms with Gasteiger partial charge in [0.2, 0.25) is 5.91 Å². The number of carbonyl (C=O) groups is 2. The van der Waals surface area contributed by atoms with Crippen LogP contribution in [0, 0.1) is 5.92 Å². The van der Waals surface area contributed by atoms with E-state index in [2.05, 4.69) is 5.32 Å². The Morgan fingerprint density at radius 2 is 1.84 bits per heavy atom. The lowest BCUT2D eigenvalue weighted by Gasteiger charge is -2.18. The fourth-order valence-electron chi connectivity index (χ4n) is 1.62. The number of nitrogens with one attached hydrogen (secondary N) is 1. The van der Waals surface area contributed by atoms with Crippen LogP contribution in [0.25, 0.3) is 0 Å². The van der Waals surface area contributed by atoms with Crippen molar-refractivity contribution < 1.29 is 14.3 Å². The molecule has 1 unspecified atom stereocenters. The Labute approximate surface area is 114 Å². The van der Waals surface area contributed by atoms with Crippen LogP contribution in [0.1, 0.15) is 26.3 Å². The van der Waals surface area contributed by atoms with Gasteiger partial charge in [-0.3, -0.25) is 4.79 Å². The molecule has 1 aromatic carbocycles. The third-order valence-electron chi connectivity index (χ3n) is 2.69. The summed E-state index contributed by atoms with van der Waals surface area (Å²) in [5.74, 6) is -0.693. The first-order chi connectivity index (χ1) is 9.04. The monoisotopic (exact) mass is 263 g/mol. The van der Waals surface area contributed by atoms with Gasteiger partial charge in [0.1, 0.15) is 6.04 Å². The van der Waals surface area contributed by atoms with Crippen molar-refractivity contribution in [3.63, 3.8) is 0 Å². The van der Waals surface area contributed by atoms with Gasteiger partial charge in [-0.15, -0.1) is 0 Å². The van der Waals surface area contributed by atoms with Crippen LogP contribution in [0.4, 0.5) is 0 Å². The van der Waals surface area contributed by atoms with Gasteiger partial charge in [-0.2, -0.15) is 0 Å². The lowest BCUT2D eigenvalue weighted by molar-refractivity contribution is -0.147. The summed E-state index contributed by atoms with van der Waals surface area (Å²) in [7, 11) is 0. The number of ether oxygens (including phenoxy) is 1. The standard InChI is InChI=1S/C15H21NO3/c1-4-19-15(18)13(16-14(17)11(2)3)10-12-8-6-5-7-9-12/h5-9,11,13H,4,10H2,1-3H3,(H,16,17). The highest BCUT2D eigenvalue weighted by molar-refractivity contribution is 5.85. The van der Waals surface area contributed by atoms with Gasteiger partial charge in [-0.05, 0) is 12.5 Å². The van der Waals surface area contributed by atoms with Crippen LogP contribution >= 0.6 is 0 Å². The van der Waals surface area contributed by atoms with Crippen molar-refractivity contribution in [3.8, 4) is 0 Å². The quantitative estimate of drug-likeness (QED) is 0.798. The molecule has 1 atom stereocenters. The largest absolute Gasteiger partial charge is 0.464 e. The Kier molecular flexibility index (Phi) is 6.06. The normalized spacial score (nSPS) is 12.0. The maximum atomic E-state index is 11.9. The van der Waals surface area contributed by atoms with Gasteiger partial charge in [-0.25, -0.2) is 4.79 Å². The van der Waals surface area contributed by atoms with Crippen molar-refractivity contribution >= 4 is 11.9 Å². The summed E-state index contributed by atoms with van der Waals surface area (Å²) >= 11 is 0. The first kappa shape index (κ1) is 15.2. The van der Waals surface area contributed by atoms with Crippen molar-refractivity contribution in [2.24, 2.45) is 5.92 Å². The summed E-state index contributed by atoms with van der Waals surface area (Å²) in [4.78, 5) is 23.6. The minimum Gasteiger partial charge on any atom is -0.464 e. The Morgan fingerprint density at radius 1 is 1.21 bits per heavy atom. The molecule has 1 amide bonds. The smallest absolute Gasteiger partial charge is 0.328 e. The first-order valence-electron chi connectivity index (χ1n) is 6.55. The van der Waals surface area contributed by atoms with Crippen LogP contribution in [0.2, 0.25) is 0 Å². The molecule has 0 radical (unpaired) electrons. The molecular formula is C15H21NO3. The highest BCUT2D eigenvalue weighted by atomic mass is 16.5. The fraction of sp³-hybridized carbons (Fsp3) is 0.467. The van der Waals surface area contributed by atoms with Crippen molar-refractivity contribution in [3.05, 3.63) is 35.9 Å². The average Bonchev–Trinajstić information content (AvgIpc) is 2.39. The molecule has 0 aromatic heterocycles. The van der Waals surface area contributed by atoms with E-state index in [9.17, 15) is 9.59 Å². The maximum Gasteiger partial charge on any atom is 0.328 e. The summed E-state index contributed by atoms with van der Waals surface area (Å²) in [6.07, 6.45) is 0.443. The van der Waals surface area contributed by atoms with Gasteiger partial charge in [-0.1, -0.05) is 44.2 Å². The fourth-order valence-corrected chi connectivity index (χ4v) is 1.62. The molecule has 0 aliphatic heterocycles. The van der Waals surface area contributed by atoms with E-state index in [-0.39, 0.29) is 17.8 Å². The number of esters is 1. The second-order valence-electron chi connectivity index (χ2n) is 4.66. The predicted octanol–water partition coefficient (Wildman–Crippen LogP) is 1.93. The lowest BCUT2D eigenvalue weighted by Crippen LogP contribution is -2.45. The molecule has 0 bridgehead atoms. The molecule has 0 aliphatic carbocycles. The number of hydrogen-bond donors (Lipinski definition) is 1. The molecule has 1 rings (SSSR count). The number of carbonyl (C=O) groups excluding carboxylic acids is 2. The van der Waals surface area contributed by atoms with Crippen LogP contribution in [0.5, 0.6) is 0 Å². The molecule has 0 saturated heterocycles. The molecule has 19 heavy (non-hydrogen) atoms. The summed E-state index contributed by atoms with van der Waals surface area (Å²) in [5, 5.41) is 2.74. The molecular weight excluding hydrogens is 242 g/mol. The van der Waals surface area contributed by atoms with Gasteiger partial charge in [0, 0.05) is 12.3 Å². The molecule has 1 N–H and O–H groups in total. The van der Waals surface area contributed by atoms with Crippen molar-refractivity contribution in [1.82, 2.24) is 5.32 Å². The minimum absolute atomic E-state index is 0.144. The van der Waals surface area contributed by atoms with E-state index in [1.54, 1.807) is 20.8 Å². The molecule has 4 heteroatoms. The van der Waals surface area contributed by atoms with Crippen LogP contribution in [0.15, 0.2) is 30.3 Å². The van der Waals surface area contributed by atoms with Gasteiger partial charge in [0.15, 0.2) is 0 Å². The third kappa shape index (κ3) is 5.12. The van der Waals surface area contributed by atoms with Crippen LogP contribution < -0.4 is 5.32 Å². The number of amides is 1. The van der Waals surface area contributed by atoms with Crippen molar-refractivity contribution in [2.75, 3.05) is 6.61 Å². The van der Waals surface area contributed by atoms with Gasteiger partial charge >= 0.3 is 5.97 Å². The van der Waals surface area contributed by atoms with Crippen molar-refractivity contribution in [2.45, 2.75) is 33.2 Å². The molecule has 0 saturated carbocycles. The second kappa shape index (κ2) is 7.56. The molecule has 0 spiro atoms. The van der Waals surface area contributed by atoms with E-state index < -0.39 is 6.04 Å². The SMILES string of the molecule is CCOC(=O)C(Cc1ccccc1)NC(=O)C(C)C. The van der Waals surface area contributed by atoms with Gasteiger partial charge in [0.05, 0.1) is 6.61 Å². The summed E-state index contributed by atoms with van der Waals surface area (Å²) in [5.41, 5.74) is 0.990. The first-order valence-corrected chi connectivity index (χ1v) is 6.55. The van der Waals surface area contributed by atoms with Crippen molar-refractivity contribution in [1.29, 1.82) is 0 Å². The Morgan fingerprint density at radius 3 is 2.37 bits per heavy atom. The van der Waals surface area contributed by atoms with E-state index in [0.717, 1.165) is 5.56 Å². The lowest BCUT2D eigenvalue weighted by atomic mass is 10.1. The molecule has 0 aliphatic rings. The van der Waals surface area contributed by atoms with E-state index in [1.165, 1.54) is 0 Å². The summed E-state index contributed by atoms with van der Waals surface area (Å²) in [6.45, 7) is 5.64. The summed E-state index contributed by atoms with van der Waals surface area (Å²) in [6, 6.07) is 8.94. The van der Waals surface area contributed by atoms with E-state index >= 15 is 0 Å². The highest BCUT2D eigenvalue weighted by Gasteiger charge is 2.23. The second-order valence-corrected chi connectivity index (χ2v) is 4.66. The maximum absolute atomic E-state index is 11.9. The Balaban J connectivity index is 2.74. The minimum atomic E-state index is -0.628. The van der Waals surface area contributed by atoms with E-state index in [4.69, 9.17) is 4.74 Å². The van der Waals surface area contributed by atoms with Gasteiger partial charge < -0.3 is 10.1 Å². The number of benzene rings is 1. The zero-order chi connectivity index (χ0) is 14.3. The van der Waals surface area contributed by atoms with Crippen LogP contribution in [-0.2, 0) is 20.7 Å². The zero-order valence-corrected chi connectivity index (χ0v) is 11.7. The molecule has 104 valence electrons. The van der Waals surface area contributed by atoms with Gasteiger partial charge in [0.25, 0.3) is 0 Å². The van der Waals surface area contributed by atoms with Crippen LogP contribution in [0.3, 0.4) is 0 Å². The molecule has 4 nitrogen and oxygen atoms in total.